The number of benzene rings is 1. The molecule has 0 bridgehead atoms. The summed E-state index contributed by atoms with van der Waals surface area (Å²) in [5, 5.41) is 14.2. The molecule has 1 saturated heterocycles. The Morgan fingerprint density at radius 1 is 1.19 bits per heavy atom. The summed E-state index contributed by atoms with van der Waals surface area (Å²) < 4.78 is 26.8. The van der Waals surface area contributed by atoms with E-state index in [1.54, 1.807) is 19.1 Å². The number of nitrogens with zero attached hydrogens (tertiary/aromatic N) is 3. The molecule has 7 nitrogen and oxygen atoms in total. The topological polar surface area (TPSA) is 94.9 Å². The molecule has 0 atom stereocenters. The molecular weight excluding hydrogens is 364 g/mol. The van der Waals surface area contributed by atoms with Gasteiger partial charge in [-0.1, -0.05) is 18.1 Å². The quantitative estimate of drug-likeness (QED) is 0.606. The zero-order chi connectivity index (χ0) is 19.4. The van der Waals surface area contributed by atoms with Gasteiger partial charge in [0.25, 0.3) is 0 Å². The molecule has 3 rings (SSSR count). The van der Waals surface area contributed by atoms with E-state index in [2.05, 4.69) is 15.5 Å². The van der Waals surface area contributed by atoms with E-state index in [0.29, 0.717) is 30.2 Å². The van der Waals surface area contributed by atoms with Gasteiger partial charge in [-0.2, -0.15) is 9.41 Å². The zero-order valence-corrected chi connectivity index (χ0v) is 16.3. The van der Waals surface area contributed by atoms with Gasteiger partial charge in [-0.15, -0.1) is 0 Å². The van der Waals surface area contributed by atoms with Crippen molar-refractivity contribution in [2.45, 2.75) is 38.0 Å². The number of hydrazone groups is 1. The first-order valence-electron chi connectivity index (χ1n) is 8.94. The first-order valence-corrected chi connectivity index (χ1v) is 10.4. The molecule has 1 aliphatic heterocycles. The lowest BCUT2D eigenvalue weighted by atomic mass is 10.1. The van der Waals surface area contributed by atoms with Crippen molar-refractivity contribution in [3.63, 3.8) is 0 Å². The molecule has 2 aromatic rings. The van der Waals surface area contributed by atoms with Crippen LogP contribution >= 0.6 is 0 Å². The fourth-order valence-corrected chi connectivity index (χ4v) is 4.46. The number of aryl methyl sites for hydroxylation is 1. The van der Waals surface area contributed by atoms with Gasteiger partial charge in [0, 0.05) is 24.8 Å². The summed E-state index contributed by atoms with van der Waals surface area (Å²) in [7, 11) is -3.49. The number of phenols is 1. The average molecular weight is 388 g/mol. The largest absolute Gasteiger partial charge is 0.507 e. The molecule has 0 aliphatic carbocycles. The van der Waals surface area contributed by atoms with Crippen LogP contribution in [0.1, 0.15) is 37.3 Å². The Labute approximate surface area is 159 Å². The van der Waals surface area contributed by atoms with E-state index in [4.69, 9.17) is 0 Å². The van der Waals surface area contributed by atoms with E-state index >= 15 is 0 Å². The molecule has 1 aliphatic rings. The second kappa shape index (κ2) is 8.06. The van der Waals surface area contributed by atoms with Crippen LogP contribution in [0.4, 0.5) is 5.82 Å². The molecule has 1 aromatic heterocycles. The van der Waals surface area contributed by atoms with Crippen LogP contribution in [0, 0.1) is 6.92 Å². The van der Waals surface area contributed by atoms with E-state index in [1.165, 1.54) is 16.6 Å². The van der Waals surface area contributed by atoms with Gasteiger partial charge in [0.1, 0.15) is 16.5 Å². The maximum absolute atomic E-state index is 12.6. The van der Waals surface area contributed by atoms with Crippen molar-refractivity contribution in [3.8, 4) is 5.75 Å². The molecule has 27 heavy (non-hydrogen) atoms. The Morgan fingerprint density at radius 3 is 2.59 bits per heavy atom. The highest BCUT2D eigenvalue weighted by Crippen LogP contribution is 2.21. The Balaban J connectivity index is 1.73. The molecule has 1 aromatic carbocycles. The van der Waals surface area contributed by atoms with Crippen LogP contribution in [0.5, 0.6) is 5.75 Å². The third-order valence-electron chi connectivity index (χ3n) is 4.57. The van der Waals surface area contributed by atoms with Crippen molar-refractivity contribution in [2.24, 2.45) is 5.10 Å². The minimum atomic E-state index is -3.49. The molecule has 2 N–H and O–H groups in total. The monoisotopic (exact) mass is 388 g/mol. The highest BCUT2D eigenvalue weighted by atomic mass is 32.2. The molecule has 0 unspecified atom stereocenters. The Kier molecular flexibility index (Phi) is 5.76. The third kappa shape index (κ3) is 4.45. The van der Waals surface area contributed by atoms with Gasteiger partial charge < -0.3 is 5.11 Å². The summed E-state index contributed by atoms with van der Waals surface area (Å²) in [5.74, 6) is 0.582. The van der Waals surface area contributed by atoms with E-state index < -0.39 is 10.0 Å². The molecule has 8 heteroatoms. The Morgan fingerprint density at radius 2 is 1.93 bits per heavy atom. The SMILES string of the molecule is C/C(=N\Nc1ccc(S(=O)(=O)N2CCCCC2)cn1)c1cc(C)ccc1O. The van der Waals surface area contributed by atoms with Crippen molar-refractivity contribution in [2.75, 3.05) is 18.5 Å². The summed E-state index contributed by atoms with van der Waals surface area (Å²) in [6.45, 7) is 4.83. The summed E-state index contributed by atoms with van der Waals surface area (Å²) in [4.78, 5) is 4.35. The highest BCUT2D eigenvalue weighted by Gasteiger charge is 2.26. The molecule has 1 fully saturated rings. The number of hydrogen-bond donors (Lipinski definition) is 2. The summed E-state index contributed by atoms with van der Waals surface area (Å²) in [6.07, 6.45) is 4.21. The van der Waals surface area contributed by atoms with Crippen LogP contribution < -0.4 is 5.43 Å². The van der Waals surface area contributed by atoms with Crippen LogP contribution in [-0.4, -0.2) is 41.6 Å². The third-order valence-corrected chi connectivity index (χ3v) is 6.45. The van der Waals surface area contributed by atoms with Gasteiger partial charge in [-0.3, -0.25) is 5.43 Å². The number of hydrogen-bond acceptors (Lipinski definition) is 6. The highest BCUT2D eigenvalue weighted by molar-refractivity contribution is 7.89. The minimum Gasteiger partial charge on any atom is -0.507 e. The van der Waals surface area contributed by atoms with Crippen LogP contribution in [-0.2, 0) is 10.0 Å². The lowest BCUT2D eigenvalue weighted by molar-refractivity contribution is 0.346. The minimum absolute atomic E-state index is 0.152. The van der Waals surface area contributed by atoms with Crippen molar-refractivity contribution in [1.29, 1.82) is 0 Å². The molecule has 144 valence electrons. The second-order valence-electron chi connectivity index (χ2n) is 6.67. The maximum Gasteiger partial charge on any atom is 0.244 e. The lowest BCUT2D eigenvalue weighted by Gasteiger charge is -2.25. The molecule has 0 amide bonds. The number of aromatic hydroxyl groups is 1. The molecule has 0 saturated carbocycles. The number of sulfonamides is 1. The predicted octanol–water partition coefficient (Wildman–Crippen LogP) is 3.11. The van der Waals surface area contributed by atoms with Crippen LogP contribution in [0.3, 0.4) is 0 Å². The van der Waals surface area contributed by atoms with Crippen molar-refractivity contribution >= 4 is 21.6 Å². The van der Waals surface area contributed by atoms with Crippen LogP contribution in [0.15, 0.2) is 46.5 Å². The number of aromatic nitrogens is 1. The second-order valence-corrected chi connectivity index (χ2v) is 8.61. The fourth-order valence-electron chi connectivity index (χ4n) is 2.99. The van der Waals surface area contributed by atoms with Crippen LogP contribution in [0.25, 0.3) is 0 Å². The lowest BCUT2D eigenvalue weighted by Crippen LogP contribution is -2.35. The number of pyridine rings is 1. The van der Waals surface area contributed by atoms with E-state index in [1.807, 2.05) is 19.1 Å². The average Bonchev–Trinajstić information content (AvgIpc) is 2.69. The standard InChI is InChI=1S/C19H24N4O3S/c1-14-6-8-18(24)17(12-14)15(2)21-22-19-9-7-16(13-20-19)27(25,26)23-10-4-3-5-11-23/h6-9,12-13,24H,3-5,10-11H2,1-2H3,(H,20,22)/b21-15+. The molecule has 2 heterocycles. The van der Waals surface area contributed by atoms with Gasteiger partial charge in [-0.25, -0.2) is 13.4 Å². The number of nitrogens with one attached hydrogen (secondary N) is 1. The van der Waals surface area contributed by atoms with E-state index in [0.717, 1.165) is 24.8 Å². The van der Waals surface area contributed by atoms with E-state index in [-0.39, 0.29) is 10.6 Å². The molecular formula is C19H24N4O3S. The Hall–Kier alpha value is -2.45. The van der Waals surface area contributed by atoms with E-state index in [9.17, 15) is 13.5 Å². The molecule has 0 spiro atoms. The predicted molar refractivity (Wildman–Crippen MR) is 106 cm³/mol. The van der Waals surface area contributed by atoms with Gasteiger partial charge in [0.15, 0.2) is 0 Å². The maximum atomic E-state index is 12.6. The number of piperidine rings is 1. The van der Waals surface area contributed by atoms with Crippen LogP contribution in [0.2, 0.25) is 0 Å². The number of phenolic OH excluding ortho intramolecular Hbond substituents is 1. The van der Waals surface area contributed by atoms with Gasteiger partial charge in [0.2, 0.25) is 10.0 Å². The zero-order valence-electron chi connectivity index (χ0n) is 15.5. The van der Waals surface area contributed by atoms with Crippen molar-refractivity contribution in [3.05, 3.63) is 47.7 Å². The Bertz CT molecular complexity index is 934. The molecule has 0 radical (unpaired) electrons. The first-order chi connectivity index (χ1) is 12.9. The van der Waals surface area contributed by atoms with Gasteiger partial charge >= 0.3 is 0 Å². The normalized spacial score (nSPS) is 16.3. The fraction of sp³-hybridized carbons (Fsp3) is 0.368. The van der Waals surface area contributed by atoms with Crippen molar-refractivity contribution in [1.82, 2.24) is 9.29 Å². The summed E-state index contributed by atoms with van der Waals surface area (Å²) in [5.41, 5.74) is 5.05. The van der Waals surface area contributed by atoms with Gasteiger partial charge in [0.05, 0.1) is 5.71 Å². The smallest absolute Gasteiger partial charge is 0.244 e. The number of anilines is 1. The van der Waals surface area contributed by atoms with Crippen molar-refractivity contribution < 1.29 is 13.5 Å². The van der Waals surface area contributed by atoms with Gasteiger partial charge in [-0.05, 0) is 51.0 Å². The number of rotatable bonds is 5. The summed E-state index contributed by atoms with van der Waals surface area (Å²) >= 11 is 0. The first kappa shape index (κ1) is 19.3. The summed E-state index contributed by atoms with van der Waals surface area (Å²) in [6, 6.07) is 8.42.